The summed E-state index contributed by atoms with van der Waals surface area (Å²) in [5, 5.41) is 5.48. The minimum atomic E-state index is -0.186. The summed E-state index contributed by atoms with van der Waals surface area (Å²) in [6.07, 6.45) is 0.240. The molecule has 2 heterocycles. The van der Waals surface area contributed by atoms with Gasteiger partial charge >= 0.3 is 0 Å². The van der Waals surface area contributed by atoms with Crippen molar-refractivity contribution >= 4 is 34.0 Å². The van der Waals surface area contributed by atoms with Crippen molar-refractivity contribution < 1.29 is 14.3 Å². The Labute approximate surface area is 183 Å². The minimum absolute atomic E-state index is 0.160. The topological polar surface area (TPSA) is 69.6 Å². The van der Waals surface area contributed by atoms with E-state index in [-0.39, 0.29) is 17.8 Å². The molecule has 0 spiro atoms. The van der Waals surface area contributed by atoms with E-state index in [1.807, 2.05) is 47.3 Å². The fraction of sp³-hybridized carbons (Fsp3) is 0.167. The van der Waals surface area contributed by atoms with E-state index in [4.69, 9.17) is 9.47 Å². The first-order valence-corrected chi connectivity index (χ1v) is 10.6. The number of nitrogens with zero attached hydrogens (tertiary/aromatic N) is 1. The molecule has 6 nitrogen and oxygen atoms in total. The highest BCUT2D eigenvalue weighted by molar-refractivity contribution is 7.10. The van der Waals surface area contributed by atoms with Gasteiger partial charge in [-0.3, -0.25) is 9.59 Å². The number of thiophene rings is 1. The summed E-state index contributed by atoms with van der Waals surface area (Å²) < 4.78 is 12.6. The van der Waals surface area contributed by atoms with Crippen LogP contribution in [0, 0.1) is 0 Å². The zero-order valence-corrected chi connectivity index (χ0v) is 18.3. The van der Waals surface area contributed by atoms with Crippen molar-refractivity contribution in [3.63, 3.8) is 0 Å². The number of anilines is 1. The highest BCUT2D eigenvalue weighted by Crippen LogP contribution is 2.35. The van der Waals surface area contributed by atoms with Crippen LogP contribution in [0.5, 0.6) is 11.5 Å². The van der Waals surface area contributed by atoms with Gasteiger partial charge in [0, 0.05) is 17.3 Å². The van der Waals surface area contributed by atoms with Crippen LogP contribution >= 0.6 is 11.3 Å². The van der Waals surface area contributed by atoms with E-state index < -0.39 is 0 Å². The third-order valence-corrected chi connectivity index (χ3v) is 6.03. The van der Waals surface area contributed by atoms with Gasteiger partial charge in [0.05, 0.1) is 31.7 Å². The third-order valence-electron chi connectivity index (χ3n) is 5.15. The molecule has 1 N–H and O–H groups in total. The lowest BCUT2D eigenvalue weighted by Gasteiger charge is -2.19. The summed E-state index contributed by atoms with van der Waals surface area (Å²) in [7, 11) is 4.94. The molecule has 2 aromatic carbocycles. The molecule has 4 aromatic rings. The number of fused-ring (bicyclic) bond motifs is 1. The Morgan fingerprint density at radius 2 is 1.81 bits per heavy atom. The fourth-order valence-electron chi connectivity index (χ4n) is 3.64. The molecule has 7 heteroatoms. The van der Waals surface area contributed by atoms with Crippen LogP contribution in [0.2, 0.25) is 0 Å². The van der Waals surface area contributed by atoms with Crippen molar-refractivity contribution in [1.29, 1.82) is 0 Å². The molecular formula is C24H22N2O4S. The Balaban J connectivity index is 1.90. The molecule has 0 aliphatic carbocycles. The molecule has 0 atom stereocenters. The maximum atomic E-state index is 13.5. The number of methoxy groups -OCH3 is 2. The lowest BCUT2D eigenvalue weighted by atomic mass is 10.0. The van der Waals surface area contributed by atoms with Crippen molar-refractivity contribution in [2.75, 3.05) is 19.5 Å². The number of aromatic nitrogens is 1. The molecule has 0 aliphatic heterocycles. The van der Waals surface area contributed by atoms with Crippen LogP contribution in [0.15, 0.2) is 64.8 Å². The second-order valence-electron chi connectivity index (χ2n) is 7.00. The average Bonchev–Trinajstić information content (AvgIpc) is 3.30. The van der Waals surface area contributed by atoms with E-state index in [1.54, 1.807) is 38.5 Å². The van der Waals surface area contributed by atoms with Crippen LogP contribution in [0.25, 0.3) is 22.0 Å². The number of hydrogen-bond acceptors (Lipinski definition) is 5. The van der Waals surface area contributed by atoms with Crippen LogP contribution in [-0.4, -0.2) is 24.7 Å². The second-order valence-corrected chi connectivity index (χ2v) is 8.04. The van der Waals surface area contributed by atoms with Gasteiger partial charge in [0.1, 0.15) is 5.82 Å². The Morgan fingerprint density at radius 3 is 2.52 bits per heavy atom. The molecule has 0 unspecified atom stereocenters. The van der Waals surface area contributed by atoms with Gasteiger partial charge in [-0.15, -0.1) is 11.3 Å². The van der Waals surface area contributed by atoms with Crippen LogP contribution in [-0.2, 0) is 18.3 Å². The molecule has 4 rings (SSSR count). The second kappa shape index (κ2) is 8.65. The zero-order valence-electron chi connectivity index (χ0n) is 17.5. The SMILES string of the molecule is COc1ccc(-c2c(NC(=O)Cc3cccs3)n(C)c3ccccc3c2=O)cc1OC. The number of ether oxygens (including phenoxy) is 2. The summed E-state index contributed by atoms with van der Waals surface area (Å²) in [6.45, 7) is 0. The van der Waals surface area contributed by atoms with Gasteiger partial charge in [0.25, 0.3) is 0 Å². The number of aryl methyl sites for hydroxylation is 1. The Bertz CT molecular complexity index is 1310. The summed E-state index contributed by atoms with van der Waals surface area (Å²) >= 11 is 1.52. The predicted octanol–water partition coefficient (Wildman–Crippen LogP) is 4.47. The maximum absolute atomic E-state index is 13.5. The van der Waals surface area contributed by atoms with Crippen molar-refractivity contribution in [1.82, 2.24) is 4.57 Å². The first kappa shape index (κ1) is 20.7. The van der Waals surface area contributed by atoms with Crippen molar-refractivity contribution in [3.8, 4) is 22.6 Å². The average molecular weight is 435 g/mol. The number of carbonyl (C=O) groups excluding carboxylic acids is 1. The number of benzene rings is 2. The van der Waals surface area contributed by atoms with Crippen LogP contribution in [0.1, 0.15) is 4.88 Å². The lowest BCUT2D eigenvalue weighted by molar-refractivity contribution is -0.115. The molecule has 0 aliphatic rings. The number of carbonyl (C=O) groups is 1. The van der Waals surface area contributed by atoms with Crippen molar-refractivity contribution in [2.24, 2.45) is 7.05 Å². The number of pyridine rings is 1. The first-order chi connectivity index (χ1) is 15.0. The standard InChI is InChI=1S/C24H22N2O4S/c1-26-18-9-5-4-8-17(18)23(28)22(15-10-11-19(29-2)20(13-15)30-3)24(26)25-21(27)14-16-7-6-12-31-16/h4-13H,14H2,1-3H3,(H,25,27). The molecular weight excluding hydrogens is 412 g/mol. The predicted molar refractivity (Wildman–Crippen MR) is 124 cm³/mol. The third kappa shape index (κ3) is 3.92. The Kier molecular flexibility index (Phi) is 5.77. The number of para-hydroxylation sites is 1. The number of rotatable bonds is 6. The lowest BCUT2D eigenvalue weighted by Crippen LogP contribution is -2.22. The molecule has 0 saturated carbocycles. The Morgan fingerprint density at radius 1 is 1.03 bits per heavy atom. The van der Waals surface area contributed by atoms with E-state index in [9.17, 15) is 9.59 Å². The molecule has 2 aromatic heterocycles. The monoisotopic (exact) mass is 434 g/mol. The van der Waals surface area contributed by atoms with Gasteiger partial charge in [0.15, 0.2) is 16.9 Å². The van der Waals surface area contributed by atoms with Crippen LogP contribution < -0.4 is 20.2 Å². The number of amides is 1. The summed E-state index contributed by atoms with van der Waals surface area (Å²) in [5.74, 6) is 1.32. The quantitative estimate of drug-likeness (QED) is 0.486. The molecule has 0 radical (unpaired) electrons. The van der Waals surface area contributed by atoms with E-state index in [0.29, 0.717) is 33.8 Å². The largest absolute Gasteiger partial charge is 0.493 e. The molecule has 31 heavy (non-hydrogen) atoms. The van der Waals surface area contributed by atoms with Crippen molar-refractivity contribution in [3.05, 3.63) is 75.1 Å². The fourth-order valence-corrected chi connectivity index (χ4v) is 4.35. The van der Waals surface area contributed by atoms with E-state index in [2.05, 4.69) is 5.32 Å². The van der Waals surface area contributed by atoms with E-state index in [1.165, 1.54) is 11.3 Å². The van der Waals surface area contributed by atoms with Gasteiger partial charge in [-0.05, 0) is 41.3 Å². The maximum Gasteiger partial charge on any atom is 0.230 e. The zero-order chi connectivity index (χ0) is 22.0. The smallest absolute Gasteiger partial charge is 0.230 e. The van der Waals surface area contributed by atoms with Crippen LogP contribution in [0.3, 0.4) is 0 Å². The number of nitrogens with one attached hydrogen (secondary N) is 1. The molecule has 0 bridgehead atoms. The van der Waals surface area contributed by atoms with Gasteiger partial charge in [-0.25, -0.2) is 0 Å². The highest BCUT2D eigenvalue weighted by Gasteiger charge is 2.20. The van der Waals surface area contributed by atoms with Crippen LogP contribution in [0.4, 0.5) is 5.82 Å². The van der Waals surface area contributed by atoms with Gasteiger partial charge < -0.3 is 19.4 Å². The first-order valence-electron chi connectivity index (χ1n) is 9.70. The van der Waals surface area contributed by atoms with Gasteiger partial charge in [-0.2, -0.15) is 0 Å². The summed E-state index contributed by atoms with van der Waals surface area (Å²) in [4.78, 5) is 27.3. The highest BCUT2D eigenvalue weighted by atomic mass is 32.1. The van der Waals surface area contributed by atoms with Crippen molar-refractivity contribution in [2.45, 2.75) is 6.42 Å². The molecule has 1 amide bonds. The molecule has 0 saturated heterocycles. The van der Waals surface area contributed by atoms with Gasteiger partial charge in [-0.1, -0.05) is 24.3 Å². The molecule has 158 valence electrons. The van der Waals surface area contributed by atoms with E-state index in [0.717, 1.165) is 10.4 Å². The molecule has 0 fully saturated rings. The number of hydrogen-bond donors (Lipinski definition) is 1. The normalized spacial score (nSPS) is 10.8. The van der Waals surface area contributed by atoms with Gasteiger partial charge in [0.2, 0.25) is 5.91 Å². The minimum Gasteiger partial charge on any atom is -0.493 e. The Hall–Kier alpha value is -3.58. The summed E-state index contributed by atoms with van der Waals surface area (Å²) in [6, 6.07) is 16.5. The van der Waals surface area contributed by atoms with E-state index >= 15 is 0 Å². The summed E-state index contributed by atoms with van der Waals surface area (Å²) in [5.41, 5.74) is 1.62.